The van der Waals surface area contributed by atoms with Crippen molar-refractivity contribution in [3.63, 3.8) is 0 Å². The van der Waals surface area contributed by atoms with Crippen LogP contribution in [0.25, 0.3) is 10.9 Å². The van der Waals surface area contributed by atoms with E-state index in [1.54, 1.807) is 12.4 Å². The second-order valence-corrected chi connectivity index (χ2v) is 9.84. The Morgan fingerprint density at radius 2 is 1.95 bits per heavy atom. The number of nitrogens with zero attached hydrogens (tertiary/aromatic N) is 4. The van der Waals surface area contributed by atoms with Gasteiger partial charge < -0.3 is 20.1 Å². The van der Waals surface area contributed by atoms with Gasteiger partial charge in [-0.2, -0.15) is 13.2 Å². The van der Waals surface area contributed by atoms with Crippen LogP contribution in [0.4, 0.5) is 19.0 Å². The fourth-order valence-corrected chi connectivity index (χ4v) is 5.14. The number of rotatable bonds is 8. The maximum absolute atomic E-state index is 13.2. The van der Waals surface area contributed by atoms with Crippen LogP contribution in [0, 0.1) is 0 Å². The molecule has 3 atom stereocenters. The number of ether oxygens (including phenoxy) is 2. The third-order valence-corrected chi connectivity index (χ3v) is 7.17. The molecule has 2 unspecified atom stereocenters. The number of carbonyl (C=O) groups excluding carboxylic acids is 1. The molecule has 0 aliphatic carbocycles. The SMILES string of the molecule is O=C(CNc1ncnc2ccc(C(F)(F)F)cc12)NC1CN(C2CCCOCC2)C[C@@H]1OCc1ccncc1. The second kappa shape index (κ2) is 12.2. The number of halogens is 3. The number of alkyl halides is 3. The first kappa shape index (κ1) is 27.2. The molecule has 1 amide bonds. The van der Waals surface area contributed by atoms with Crippen molar-refractivity contribution in [3.05, 3.63) is 60.2 Å². The number of aromatic nitrogens is 3. The highest BCUT2D eigenvalue weighted by atomic mass is 19.4. The number of amides is 1. The fraction of sp³-hybridized carbons (Fsp3) is 0.481. The maximum atomic E-state index is 13.2. The lowest BCUT2D eigenvalue weighted by molar-refractivity contribution is -0.137. The van der Waals surface area contributed by atoms with E-state index in [-0.39, 0.29) is 35.8 Å². The first-order chi connectivity index (χ1) is 18.9. The molecule has 39 heavy (non-hydrogen) atoms. The van der Waals surface area contributed by atoms with E-state index in [9.17, 15) is 18.0 Å². The molecular formula is C27H31F3N6O3. The van der Waals surface area contributed by atoms with Crippen molar-refractivity contribution < 1.29 is 27.4 Å². The predicted octanol–water partition coefficient (Wildman–Crippen LogP) is 3.41. The van der Waals surface area contributed by atoms with Crippen LogP contribution >= 0.6 is 0 Å². The molecule has 2 aliphatic rings. The normalized spacial score (nSPS) is 22.5. The molecule has 2 aromatic heterocycles. The van der Waals surface area contributed by atoms with Gasteiger partial charge in [-0.05, 0) is 55.2 Å². The zero-order valence-corrected chi connectivity index (χ0v) is 21.4. The molecule has 1 aromatic carbocycles. The van der Waals surface area contributed by atoms with Crippen molar-refractivity contribution >= 4 is 22.6 Å². The Kier molecular flexibility index (Phi) is 8.53. The number of carbonyl (C=O) groups is 1. The molecule has 2 saturated heterocycles. The summed E-state index contributed by atoms with van der Waals surface area (Å²) in [4.78, 5) is 27.5. The van der Waals surface area contributed by atoms with Crippen LogP contribution in [-0.4, -0.2) is 76.8 Å². The Balaban J connectivity index is 1.25. The summed E-state index contributed by atoms with van der Waals surface area (Å²) in [6.45, 7) is 3.04. The van der Waals surface area contributed by atoms with Gasteiger partial charge in [0.05, 0.1) is 36.4 Å². The van der Waals surface area contributed by atoms with Crippen LogP contribution < -0.4 is 10.6 Å². The molecule has 0 bridgehead atoms. The van der Waals surface area contributed by atoms with Gasteiger partial charge >= 0.3 is 6.18 Å². The largest absolute Gasteiger partial charge is 0.416 e. The van der Waals surface area contributed by atoms with E-state index < -0.39 is 11.7 Å². The molecule has 9 nitrogen and oxygen atoms in total. The average molecular weight is 545 g/mol. The Bertz CT molecular complexity index is 1250. The smallest absolute Gasteiger partial charge is 0.381 e. The van der Waals surface area contributed by atoms with E-state index in [0.717, 1.165) is 43.6 Å². The number of benzene rings is 1. The Labute approximate surface area is 224 Å². The van der Waals surface area contributed by atoms with Crippen molar-refractivity contribution in [2.24, 2.45) is 0 Å². The first-order valence-corrected chi connectivity index (χ1v) is 13.0. The summed E-state index contributed by atoms with van der Waals surface area (Å²) in [5.41, 5.74) is 0.540. The third-order valence-electron chi connectivity index (χ3n) is 7.17. The molecule has 4 heterocycles. The van der Waals surface area contributed by atoms with Gasteiger partial charge in [0.15, 0.2) is 0 Å². The lowest BCUT2D eigenvalue weighted by Gasteiger charge is -2.26. The Morgan fingerprint density at radius 1 is 1.10 bits per heavy atom. The molecule has 2 aliphatic heterocycles. The third kappa shape index (κ3) is 7.00. The highest BCUT2D eigenvalue weighted by Crippen LogP contribution is 2.32. The van der Waals surface area contributed by atoms with Crippen LogP contribution in [0.1, 0.15) is 30.4 Å². The number of hydrogen-bond donors (Lipinski definition) is 2. The standard InChI is InChI=1S/C27H31F3N6O3/c28-27(29,30)19-3-4-22-21(12-19)26(34-17-33-22)32-13-25(37)35-23-14-36(20-2-1-10-38-11-7-20)15-24(23)39-16-18-5-8-31-9-6-18/h3-6,8-9,12,17,20,23-24H,1-2,7,10-11,13-16H2,(H,35,37)(H,32,33,34)/t20?,23?,24-/m0/s1. The second-order valence-electron chi connectivity index (χ2n) is 9.84. The van der Waals surface area contributed by atoms with Gasteiger partial charge in [-0.25, -0.2) is 9.97 Å². The molecular weight excluding hydrogens is 513 g/mol. The van der Waals surface area contributed by atoms with Crippen molar-refractivity contribution in [1.29, 1.82) is 0 Å². The van der Waals surface area contributed by atoms with E-state index in [2.05, 4.69) is 30.5 Å². The summed E-state index contributed by atoms with van der Waals surface area (Å²) in [6.07, 6.45) is 2.91. The van der Waals surface area contributed by atoms with Gasteiger partial charge in [0.1, 0.15) is 12.1 Å². The van der Waals surface area contributed by atoms with Gasteiger partial charge in [0.2, 0.25) is 5.91 Å². The van der Waals surface area contributed by atoms with Crippen molar-refractivity contribution in [2.75, 3.05) is 38.2 Å². The summed E-state index contributed by atoms with van der Waals surface area (Å²) < 4.78 is 51.6. The number of hydrogen-bond acceptors (Lipinski definition) is 8. The van der Waals surface area contributed by atoms with Gasteiger partial charge in [0.25, 0.3) is 0 Å². The molecule has 5 rings (SSSR count). The molecule has 0 spiro atoms. The van der Waals surface area contributed by atoms with E-state index >= 15 is 0 Å². The zero-order valence-electron chi connectivity index (χ0n) is 21.4. The van der Waals surface area contributed by atoms with Crippen LogP contribution in [0.15, 0.2) is 49.1 Å². The van der Waals surface area contributed by atoms with Gasteiger partial charge in [-0.15, -0.1) is 0 Å². The molecule has 2 fully saturated rings. The number of nitrogens with one attached hydrogen (secondary N) is 2. The summed E-state index contributed by atoms with van der Waals surface area (Å²) >= 11 is 0. The minimum absolute atomic E-state index is 0.160. The lowest BCUT2D eigenvalue weighted by Crippen LogP contribution is -2.46. The molecule has 12 heteroatoms. The van der Waals surface area contributed by atoms with E-state index in [1.807, 2.05) is 12.1 Å². The predicted molar refractivity (Wildman–Crippen MR) is 138 cm³/mol. The van der Waals surface area contributed by atoms with Crippen molar-refractivity contribution in [2.45, 2.75) is 50.2 Å². The molecule has 0 saturated carbocycles. The van der Waals surface area contributed by atoms with E-state index in [0.29, 0.717) is 37.9 Å². The quantitative estimate of drug-likeness (QED) is 0.445. The summed E-state index contributed by atoms with van der Waals surface area (Å²) in [7, 11) is 0. The highest BCUT2D eigenvalue weighted by Gasteiger charge is 2.38. The van der Waals surface area contributed by atoms with E-state index in [1.165, 1.54) is 12.4 Å². The molecule has 208 valence electrons. The van der Waals surface area contributed by atoms with Crippen LogP contribution in [-0.2, 0) is 27.1 Å². The van der Waals surface area contributed by atoms with Crippen LogP contribution in [0.5, 0.6) is 0 Å². The molecule has 3 aromatic rings. The lowest BCUT2D eigenvalue weighted by atomic mass is 10.1. The van der Waals surface area contributed by atoms with Crippen LogP contribution in [0.3, 0.4) is 0 Å². The number of pyridine rings is 1. The average Bonchev–Trinajstić information content (AvgIpc) is 3.13. The topological polar surface area (TPSA) is 102 Å². The minimum Gasteiger partial charge on any atom is -0.381 e. The minimum atomic E-state index is -4.50. The summed E-state index contributed by atoms with van der Waals surface area (Å²) in [6, 6.07) is 7.15. The zero-order chi connectivity index (χ0) is 27.2. The molecule has 2 N–H and O–H groups in total. The fourth-order valence-electron chi connectivity index (χ4n) is 5.14. The summed E-state index contributed by atoms with van der Waals surface area (Å²) in [5, 5.41) is 6.15. The van der Waals surface area contributed by atoms with Gasteiger partial charge in [-0.3, -0.25) is 14.7 Å². The van der Waals surface area contributed by atoms with Gasteiger partial charge in [-0.1, -0.05) is 0 Å². The van der Waals surface area contributed by atoms with E-state index in [4.69, 9.17) is 9.47 Å². The number of fused-ring (bicyclic) bond motifs is 1. The first-order valence-electron chi connectivity index (χ1n) is 13.0. The van der Waals surface area contributed by atoms with Crippen LogP contribution in [0.2, 0.25) is 0 Å². The Hall–Kier alpha value is -3.35. The highest BCUT2D eigenvalue weighted by molar-refractivity contribution is 5.91. The Morgan fingerprint density at radius 3 is 2.77 bits per heavy atom. The number of likely N-dealkylation sites (tertiary alicyclic amines) is 1. The van der Waals surface area contributed by atoms with Crippen molar-refractivity contribution in [3.8, 4) is 0 Å². The molecule has 0 radical (unpaired) electrons. The number of anilines is 1. The maximum Gasteiger partial charge on any atom is 0.416 e. The monoisotopic (exact) mass is 544 g/mol. The summed E-state index contributed by atoms with van der Waals surface area (Å²) in [5.74, 6) is -0.138. The van der Waals surface area contributed by atoms with Crippen molar-refractivity contribution in [1.82, 2.24) is 25.2 Å². The van der Waals surface area contributed by atoms with Gasteiger partial charge in [0, 0.05) is 50.1 Å².